The smallest absolute Gasteiger partial charge is 0.123 e. The standard InChI is InChI=1S/C23H17NO/c25-22-16-15-21(19-13-7-8-14-20(19)22)24-23(17-9-3-1-4-10-17)18-11-5-2-6-12-18/h1-16,25H. The molecule has 4 rings (SSSR count). The van der Waals surface area contributed by atoms with Crippen molar-refractivity contribution in [1.29, 1.82) is 0 Å². The van der Waals surface area contributed by atoms with Crippen molar-refractivity contribution in [3.8, 4) is 5.75 Å². The quantitative estimate of drug-likeness (QED) is 0.481. The van der Waals surface area contributed by atoms with Crippen LogP contribution in [0.25, 0.3) is 10.8 Å². The first-order valence-electron chi connectivity index (χ1n) is 8.23. The Balaban J connectivity index is 1.96. The Morgan fingerprint density at radius 3 is 1.68 bits per heavy atom. The highest BCUT2D eigenvalue weighted by molar-refractivity contribution is 6.15. The van der Waals surface area contributed by atoms with Crippen LogP contribution in [0.5, 0.6) is 5.75 Å². The molecule has 2 heteroatoms. The maximum absolute atomic E-state index is 10.1. The number of hydrogen-bond acceptors (Lipinski definition) is 2. The molecule has 0 aliphatic rings. The van der Waals surface area contributed by atoms with Crippen LogP contribution < -0.4 is 0 Å². The van der Waals surface area contributed by atoms with E-state index in [9.17, 15) is 5.11 Å². The fourth-order valence-corrected chi connectivity index (χ4v) is 2.97. The summed E-state index contributed by atoms with van der Waals surface area (Å²) in [6, 6.07) is 31.7. The summed E-state index contributed by atoms with van der Waals surface area (Å²) in [4.78, 5) is 4.97. The second kappa shape index (κ2) is 6.62. The van der Waals surface area contributed by atoms with Gasteiger partial charge in [-0.3, -0.25) is 0 Å². The van der Waals surface area contributed by atoms with Crippen LogP contribution in [-0.2, 0) is 0 Å². The van der Waals surface area contributed by atoms with E-state index in [1.807, 2.05) is 66.7 Å². The summed E-state index contributed by atoms with van der Waals surface area (Å²) in [5, 5.41) is 11.9. The average Bonchev–Trinajstić information content (AvgIpc) is 2.69. The number of nitrogens with zero attached hydrogens (tertiary/aromatic N) is 1. The SMILES string of the molecule is Oc1ccc(N=C(c2ccccc2)c2ccccc2)c2ccccc12. The van der Waals surface area contributed by atoms with E-state index in [4.69, 9.17) is 4.99 Å². The molecule has 0 aromatic heterocycles. The highest BCUT2D eigenvalue weighted by Gasteiger charge is 2.09. The lowest BCUT2D eigenvalue weighted by molar-refractivity contribution is 0.481. The van der Waals surface area contributed by atoms with Gasteiger partial charge in [0.15, 0.2) is 0 Å². The molecule has 0 saturated carbocycles. The lowest BCUT2D eigenvalue weighted by Crippen LogP contribution is -2.02. The minimum atomic E-state index is 0.274. The first-order chi connectivity index (χ1) is 12.3. The molecule has 0 bridgehead atoms. The Labute approximate surface area is 146 Å². The van der Waals surface area contributed by atoms with Crippen molar-refractivity contribution in [3.63, 3.8) is 0 Å². The summed E-state index contributed by atoms with van der Waals surface area (Å²) in [7, 11) is 0. The van der Waals surface area contributed by atoms with Crippen LogP contribution in [0.4, 0.5) is 5.69 Å². The van der Waals surface area contributed by atoms with Crippen LogP contribution in [0.1, 0.15) is 11.1 Å². The average molecular weight is 323 g/mol. The van der Waals surface area contributed by atoms with Gasteiger partial charge in [-0.05, 0) is 12.1 Å². The van der Waals surface area contributed by atoms with Crippen LogP contribution in [-0.4, -0.2) is 10.8 Å². The second-order valence-electron chi connectivity index (χ2n) is 5.84. The lowest BCUT2D eigenvalue weighted by atomic mass is 10.0. The van der Waals surface area contributed by atoms with Gasteiger partial charge in [-0.15, -0.1) is 0 Å². The Hall–Kier alpha value is -3.39. The van der Waals surface area contributed by atoms with Gasteiger partial charge in [-0.2, -0.15) is 0 Å². The molecule has 0 aliphatic heterocycles. The lowest BCUT2D eigenvalue weighted by Gasteiger charge is -2.10. The largest absolute Gasteiger partial charge is 0.507 e. The molecule has 0 amide bonds. The number of phenolic OH excluding ortho intramolecular Hbond substituents is 1. The topological polar surface area (TPSA) is 32.6 Å². The zero-order valence-electron chi connectivity index (χ0n) is 13.6. The minimum absolute atomic E-state index is 0.274. The fraction of sp³-hybridized carbons (Fsp3) is 0. The molecule has 0 heterocycles. The summed E-state index contributed by atoms with van der Waals surface area (Å²) in [6.45, 7) is 0. The van der Waals surface area contributed by atoms with Gasteiger partial charge in [-0.25, -0.2) is 4.99 Å². The van der Waals surface area contributed by atoms with E-state index in [-0.39, 0.29) is 5.75 Å². The molecule has 0 spiro atoms. The Morgan fingerprint density at radius 2 is 1.08 bits per heavy atom. The Kier molecular flexibility index (Phi) is 4.01. The highest BCUT2D eigenvalue weighted by Crippen LogP contribution is 2.33. The van der Waals surface area contributed by atoms with E-state index in [1.165, 1.54) is 0 Å². The maximum atomic E-state index is 10.1. The summed E-state index contributed by atoms with van der Waals surface area (Å²) >= 11 is 0. The molecular weight excluding hydrogens is 306 g/mol. The number of fused-ring (bicyclic) bond motifs is 1. The van der Waals surface area contributed by atoms with Crippen molar-refractivity contribution in [1.82, 2.24) is 0 Å². The maximum Gasteiger partial charge on any atom is 0.123 e. The molecule has 1 N–H and O–H groups in total. The van der Waals surface area contributed by atoms with E-state index in [2.05, 4.69) is 24.3 Å². The minimum Gasteiger partial charge on any atom is -0.507 e. The Bertz CT molecular complexity index is 996. The molecular formula is C23H17NO. The van der Waals surface area contributed by atoms with Crippen molar-refractivity contribution in [3.05, 3.63) is 108 Å². The third-order valence-corrected chi connectivity index (χ3v) is 4.20. The van der Waals surface area contributed by atoms with Gasteiger partial charge < -0.3 is 5.11 Å². The van der Waals surface area contributed by atoms with Gasteiger partial charge in [0.05, 0.1) is 11.4 Å². The fourth-order valence-electron chi connectivity index (χ4n) is 2.97. The van der Waals surface area contributed by atoms with Crippen LogP contribution in [0.15, 0.2) is 102 Å². The van der Waals surface area contributed by atoms with Gasteiger partial charge in [0, 0.05) is 21.9 Å². The van der Waals surface area contributed by atoms with E-state index < -0.39 is 0 Å². The molecule has 0 saturated heterocycles. The van der Waals surface area contributed by atoms with Crippen molar-refractivity contribution in [2.75, 3.05) is 0 Å². The van der Waals surface area contributed by atoms with Gasteiger partial charge >= 0.3 is 0 Å². The van der Waals surface area contributed by atoms with Gasteiger partial charge in [-0.1, -0.05) is 84.9 Å². The Morgan fingerprint density at radius 1 is 0.560 bits per heavy atom. The zero-order valence-corrected chi connectivity index (χ0v) is 13.6. The van der Waals surface area contributed by atoms with E-state index in [0.29, 0.717) is 0 Å². The molecule has 2 nitrogen and oxygen atoms in total. The molecule has 0 atom stereocenters. The van der Waals surface area contributed by atoms with Gasteiger partial charge in [0.1, 0.15) is 5.75 Å². The molecule has 0 unspecified atom stereocenters. The first-order valence-corrected chi connectivity index (χ1v) is 8.23. The molecule has 0 fully saturated rings. The van der Waals surface area contributed by atoms with Gasteiger partial charge in [0.2, 0.25) is 0 Å². The van der Waals surface area contributed by atoms with Crippen LogP contribution in [0.2, 0.25) is 0 Å². The predicted octanol–water partition coefficient (Wildman–Crippen LogP) is 5.71. The van der Waals surface area contributed by atoms with Crippen LogP contribution in [0.3, 0.4) is 0 Å². The predicted molar refractivity (Wildman–Crippen MR) is 104 cm³/mol. The number of aromatic hydroxyl groups is 1. The van der Waals surface area contributed by atoms with Crippen LogP contribution >= 0.6 is 0 Å². The number of phenols is 1. The van der Waals surface area contributed by atoms with Gasteiger partial charge in [0.25, 0.3) is 0 Å². The van der Waals surface area contributed by atoms with E-state index in [0.717, 1.165) is 33.3 Å². The third kappa shape index (κ3) is 3.02. The summed E-state index contributed by atoms with van der Waals surface area (Å²) in [5.74, 6) is 0.274. The van der Waals surface area contributed by atoms with E-state index >= 15 is 0 Å². The molecule has 25 heavy (non-hydrogen) atoms. The molecule has 4 aromatic carbocycles. The first kappa shape index (κ1) is 15.2. The van der Waals surface area contributed by atoms with Crippen LogP contribution in [0, 0.1) is 0 Å². The van der Waals surface area contributed by atoms with Crippen molar-refractivity contribution in [2.24, 2.45) is 4.99 Å². The highest BCUT2D eigenvalue weighted by atomic mass is 16.3. The molecule has 120 valence electrons. The van der Waals surface area contributed by atoms with E-state index in [1.54, 1.807) is 6.07 Å². The number of rotatable bonds is 3. The normalized spacial score (nSPS) is 10.6. The summed E-state index contributed by atoms with van der Waals surface area (Å²) in [5.41, 5.74) is 3.88. The second-order valence-corrected chi connectivity index (χ2v) is 5.84. The van der Waals surface area contributed by atoms with Crippen molar-refractivity contribution in [2.45, 2.75) is 0 Å². The monoisotopic (exact) mass is 323 g/mol. The molecule has 0 aliphatic carbocycles. The number of aliphatic imine (C=N–C) groups is 1. The molecule has 0 radical (unpaired) electrons. The zero-order chi connectivity index (χ0) is 17.1. The number of benzene rings is 4. The summed E-state index contributed by atoms with van der Waals surface area (Å²) in [6.07, 6.45) is 0. The van der Waals surface area contributed by atoms with Crippen molar-refractivity contribution < 1.29 is 5.11 Å². The molecule has 4 aromatic rings. The third-order valence-electron chi connectivity index (χ3n) is 4.20. The summed E-state index contributed by atoms with van der Waals surface area (Å²) < 4.78 is 0. The number of hydrogen-bond donors (Lipinski definition) is 1. The van der Waals surface area contributed by atoms with Crippen molar-refractivity contribution >= 4 is 22.2 Å².